The summed E-state index contributed by atoms with van der Waals surface area (Å²) in [5, 5.41) is -0.296. The summed E-state index contributed by atoms with van der Waals surface area (Å²) in [6.45, 7) is 2.52. The van der Waals surface area contributed by atoms with E-state index in [1.165, 1.54) is 12.4 Å². The topological polar surface area (TPSA) is 17.8 Å². The van der Waals surface area contributed by atoms with Crippen molar-refractivity contribution in [3.05, 3.63) is 29.0 Å². The maximum absolute atomic E-state index is 12.5. The summed E-state index contributed by atoms with van der Waals surface area (Å²) >= 11 is 5.61. The average molecular weight is 249 g/mol. The molecule has 1 aromatic carbocycles. The van der Waals surface area contributed by atoms with Crippen molar-refractivity contribution in [3.63, 3.8) is 0 Å². The van der Waals surface area contributed by atoms with Gasteiger partial charge in [-0.2, -0.15) is 13.2 Å². The first-order chi connectivity index (χ1) is 7.43. The van der Waals surface area contributed by atoms with Crippen LogP contribution in [0.2, 0.25) is 5.02 Å². The predicted molar refractivity (Wildman–Crippen MR) is 55.4 cm³/mol. The number of aromatic nitrogens is 2. The lowest BCUT2D eigenvalue weighted by Crippen LogP contribution is -2.06. The number of nitrogens with zero attached hydrogens (tertiary/aromatic N) is 2. The second kappa shape index (κ2) is 3.66. The van der Waals surface area contributed by atoms with Gasteiger partial charge in [-0.15, -0.1) is 0 Å². The van der Waals surface area contributed by atoms with Gasteiger partial charge in [0.2, 0.25) is 0 Å². The molecule has 0 N–H and O–H groups in total. The molecule has 0 saturated carbocycles. The zero-order chi connectivity index (χ0) is 11.9. The fraction of sp³-hybridized carbons (Fsp3) is 0.300. The number of rotatable bonds is 1. The van der Waals surface area contributed by atoms with Crippen molar-refractivity contribution < 1.29 is 13.2 Å². The SMILES string of the molecule is CCn1cnc2cc(C(F)(F)F)c(Cl)cc21. The van der Waals surface area contributed by atoms with Gasteiger partial charge in [0.15, 0.2) is 0 Å². The van der Waals surface area contributed by atoms with Crippen LogP contribution in [0, 0.1) is 0 Å². The molecule has 86 valence electrons. The van der Waals surface area contributed by atoms with Crippen molar-refractivity contribution in [2.24, 2.45) is 0 Å². The van der Waals surface area contributed by atoms with Gasteiger partial charge in [0.25, 0.3) is 0 Å². The van der Waals surface area contributed by atoms with E-state index in [9.17, 15) is 13.2 Å². The second-order valence-electron chi connectivity index (χ2n) is 3.35. The monoisotopic (exact) mass is 248 g/mol. The predicted octanol–water partition coefficient (Wildman–Crippen LogP) is 3.73. The molecule has 0 fully saturated rings. The zero-order valence-corrected chi connectivity index (χ0v) is 9.10. The van der Waals surface area contributed by atoms with Crippen LogP contribution in [-0.4, -0.2) is 9.55 Å². The molecule has 1 heterocycles. The molecule has 0 amide bonds. The summed E-state index contributed by atoms with van der Waals surface area (Å²) in [4.78, 5) is 3.91. The Morgan fingerprint density at radius 1 is 1.38 bits per heavy atom. The summed E-state index contributed by atoms with van der Waals surface area (Å²) in [5.41, 5.74) is 0.0714. The van der Waals surface area contributed by atoms with Gasteiger partial charge in [0.1, 0.15) is 0 Å². The van der Waals surface area contributed by atoms with Crippen LogP contribution in [0.15, 0.2) is 18.5 Å². The van der Waals surface area contributed by atoms with Crippen molar-refractivity contribution in [1.29, 1.82) is 0 Å². The van der Waals surface area contributed by atoms with E-state index in [-0.39, 0.29) is 5.02 Å². The minimum atomic E-state index is -4.44. The average Bonchev–Trinajstić information content (AvgIpc) is 2.57. The number of halogens is 4. The number of alkyl halides is 3. The summed E-state index contributed by atoms with van der Waals surface area (Å²) in [7, 11) is 0. The Kier molecular flexibility index (Phi) is 2.58. The van der Waals surface area contributed by atoms with Crippen molar-refractivity contribution in [2.45, 2.75) is 19.6 Å². The lowest BCUT2D eigenvalue weighted by atomic mass is 10.2. The molecule has 0 saturated heterocycles. The Bertz CT molecular complexity index is 531. The minimum absolute atomic E-state index is 0.296. The summed E-state index contributed by atoms with van der Waals surface area (Å²) in [6.07, 6.45) is -2.94. The summed E-state index contributed by atoms with van der Waals surface area (Å²) in [6, 6.07) is 2.28. The molecule has 2 rings (SSSR count). The number of fused-ring (bicyclic) bond motifs is 1. The first-order valence-electron chi connectivity index (χ1n) is 4.65. The van der Waals surface area contributed by atoms with Gasteiger partial charge in [-0.1, -0.05) is 11.6 Å². The van der Waals surface area contributed by atoms with Crippen LogP contribution in [-0.2, 0) is 12.7 Å². The van der Waals surface area contributed by atoms with Crippen LogP contribution in [0.25, 0.3) is 11.0 Å². The zero-order valence-electron chi connectivity index (χ0n) is 8.35. The lowest BCUT2D eigenvalue weighted by molar-refractivity contribution is -0.137. The number of imidazole rings is 1. The Hall–Kier alpha value is -1.23. The fourth-order valence-corrected chi connectivity index (χ4v) is 1.81. The highest BCUT2D eigenvalue weighted by molar-refractivity contribution is 6.32. The van der Waals surface area contributed by atoms with E-state index < -0.39 is 11.7 Å². The normalized spacial score (nSPS) is 12.3. The van der Waals surface area contributed by atoms with E-state index in [2.05, 4.69) is 4.98 Å². The fourth-order valence-electron chi connectivity index (χ4n) is 1.55. The van der Waals surface area contributed by atoms with Crippen molar-refractivity contribution in [3.8, 4) is 0 Å². The smallest absolute Gasteiger partial charge is 0.331 e. The van der Waals surface area contributed by atoms with Crippen LogP contribution in [0.3, 0.4) is 0 Å². The van der Waals surface area contributed by atoms with Gasteiger partial charge >= 0.3 is 6.18 Å². The third-order valence-corrected chi connectivity index (χ3v) is 2.67. The molecule has 0 aliphatic heterocycles. The number of hydrogen-bond donors (Lipinski definition) is 0. The maximum Gasteiger partial charge on any atom is 0.417 e. The highest BCUT2D eigenvalue weighted by atomic mass is 35.5. The van der Waals surface area contributed by atoms with E-state index in [1.807, 2.05) is 6.92 Å². The van der Waals surface area contributed by atoms with E-state index in [1.54, 1.807) is 4.57 Å². The number of hydrogen-bond acceptors (Lipinski definition) is 1. The van der Waals surface area contributed by atoms with Gasteiger partial charge in [0, 0.05) is 6.54 Å². The van der Waals surface area contributed by atoms with E-state index in [4.69, 9.17) is 11.6 Å². The van der Waals surface area contributed by atoms with E-state index in [0.29, 0.717) is 17.6 Å². The van der Waals surface area contributed by atoms with E-state index >= 15 is 0 Å². The first kappa shape index (κ1) is 11.3. The standard InChI is InChI=1S/C10H8ClF3N2/c1-2-16-5-15-8-3-6(10(12,13)14)7(11)4-9(8)16/h3-5H,2H2,1H3. The molecular weight excluding hydrogens is 241 g/mol. The first-order valence-corrected chi connectivity index (χ1v) is 5.03. The second-order valence-corrected chi connectivity index (χ2v) is 3.76. The third kappa shape index (κ3) is 1.75. The van der Waals surface area contributed by atoms with Gasteiger partial charge in [0.05, 0.1) is 27.9 Å². The lowest BCUT2D eigenvalue weighted by Gasteiger charge is -2.09. The molecule has 2 nitrogen and oxygen atoms in total. The van der Waals surface area contributed by atoms with E-state index in [0.717, 1.165) is 6.07 Å². The summed E-state index contributed by atoms with van der Waals surface area (Å²) in [5.74, 6) is 0. The Labute approximate surface area is 94.6 Å². The van der Waals surface area contributed by atoms with Gasteiger partial charge in [-0.3, -0.25) is 0 Å². The molecule has 2 aromatic rings. The molecule has 0 bridgehead atoms. The number of aryl methyl sites for hydroxylation is 1. The van der Waals surface area contributed by atoms with Gasteiger partial charge < -0.3 is 4.57 Å². The molecular formula is C10H8ClF3N2. The minimum Gasteiger partial charge on any atom is -0.331 e. The van der Waals surface area contributed by atoms with Crippen LogP contribution >= 0.6 is 11.6 Å². The molecule has 0 aliphatic carbocycles. The highest BCUT2D eigenvalue weighted by Gasteiger charge is 2.33. The van der Waals surface area contributed by atoms with Crippen molar-refractivity contribution in [1.82, 2.24) is 9.55 Å². The molecule has 0 unspecified atom stereocenters. The maximum atomic E-state index is 12.5. The van der Waals surface area contributed by atoms with Crippen LogP contribution in [0.1, 0.15) is 12.5 Å². The molecule has 0 spiro atoms. The third-order valence-electron chi connectivity index (χ3n) is 2.36. The van der Waals surface area contributed by atoms with Crippen LogP contribution in [0.5, 0.6) is 0 Å². The van der Waals surface area contributed by atoms with Gasteiger partial charge in [-0.05, 0) is 19.1 Å². The number of benzene rings is 1. The van der Waals surface area contributed by atoms with Crippen LogP contribution < -0.4 is 0 Å². The Morgan fingerprint density at radius 3 is 2.62 bits per heavy atom. The van der Waals surface area contributed by atoms with Crippen molar-refractivity contribution >= 4 is 22.6 Å². The molecule has 6 heteroatoms. The highest BCUT2D eigenvalue weighted by Crippen LogP contribution is 2.36. The quantitative estimate of drug-likeness (QED) is 0.752. The molecule has 0 aliphatic rings. The molecule has 1 aromatic heterocycles. The molecule has 16 heavy (non-hydrogen) atoms. The molecule has 0 radical (unpaired) electrons. The summed E-state index contributed by atoms with van der Waals surface area (Å²) < 4.78 is 39.4. The largest absolute Gasteiger partial charge is 0.417 e. The van der Waals surface area contributed by atoms with Gasteiger partial charge in [-0.25, -0.2) is 4.98 Å². The Balaban J connectivity index is 2.69. The van der Waals surface area contributed by atoms with Crippen molar-refractivity contribution in [2.75, 3.05) is 0 Å². The Morgan fingerprint density at radius 2 is 2.06 bits per heavy atom. The van der Waals surface area contributed by atoms with Crippen LogP contribution in [0.4, 0.5) is 13.2 Å². The molecule has 0 atom stereocenters.